The zero-order valence-corrected chi connectivity index (χ0v) is 17.1. The predicted molar refractivity (Wildman–Crippen MR) is 108 cm³/mol. The summed E-state index contributed by atoms with van der Waals surface area (Å²) in [7, 11) is -6.91. The van der Waals surface area contributed by atoms with Crippen molar-refractivity contribution < 1.29 is 21.6 Å². The van der Waals surface area contributed by atoms with Gasteiger partial charge in [0.15, 0.2) is 5.69 Å². The maximum absolute atomic E-state index is 12.7. The molecule has 9 nitrogen and oxygen atoms in total. The van der Waals surface area contributed by atoms with Crippen molar-refractivity contribution in [3.05, 3.63) is 54.4 Å². The lowest BCUT2D eigenvalue weighted by atomic mass is 10.2. The molecular formula is C18H18N4O5S2. The predicted octanol–water partition coefficient (Wildman–Crippen LogP) is 1.53. The first-order chi connectivity index (χ1) is 13.7. The molecule has 1 N–H and O–H groups in total. The van der Waals surface area contributed by atoms with E-state index in [0.717, 1.165) is 6.26 Å². The number of pyridine rings is 1. The SMILES string of the molecule is CS(=O)(=O)c1nc(C(=O)Nc2ccc(N3CCCS3(=O)=O)cc2)c2ccccn12. The van der Waals surface area contributed by atoms with Crippen LogP contribution in [0.5, 0.6) is 0 Å². The van der Waals surface area contributed by atoms with E-state index < -0.39 is 25.8 Å². The highest BCUT2D eigenvalue weighted by Gasteiger charge is 2.28. The van der Waals surface area contributed by atoms with Gasteiger partial charge >= 0.3 is 0 Å². The number of carbonyl (C=O) groups is 1. The quantitative estimate of drug-likeness (QED) is 0.665. The standard InChI is InChI=1S/C18H18N4O5S2/c1-28(24,25)18-20-16(15-5-2-3-10-21(15)18)17(23)19-13-6-8-14(9-7-13)22-11-4-12-29(22,26)27/h2-3,5-10H,4,11-12H2,1H3,(H,19,23). The summed E-state index contributed by atoms with van der Waals surface area (Å²) in [5, 5.41) is 2.46. The van der Waals surface area contributed by atoms with Crippen LogP contribution in [0.3, 0.4) is 0 Å². The molecule has 0 bridgehead atoms. The van der Waals surface area contributed by atoms with Gasteiger partial charge in [0.25, 0.3) is 5.91 Å². The van der Waals surface area contributed by atoms with Crippen LogP contribution in [0.4, 0.5) is 11.4 Å². The van der Waals surface area contributed by atoms with Crippen LogP contribution in [-0.4, -0.2) is 50.7 Å². The Morgan fingerprint density at radius 2 is 1.86 bits per heavy atom. The topological polar surface area (TPSA) is 118 Å². The van der Waals surface area contributed by atoms with Crippen LogP contribution in [0.1, 0.15) is 16.9 Å². The van der Waals surface area contributed by atoms with E-state index in [1.165, 1.54) is 14.9 Å². The van der Waals surface area contributed by atoms with Crippen LogP contribution >= 0.6 is 0 Å². The van der Waals surface area contributed by atoms with Gasteiger partial charge in [-0.15, -0.1) is 0 Å². The maximum atomic E-state index is 12.7. The monoisotopic (exact) mass is 434 g/mol. The van der Waals surface area contributed by atoms with Gasteiger partial charge in [-0.05, 0) is 42.8 Å². The second-order valence-electron chi connectivity index (χ2n) is 6.71. The highest BCUT2D eigenvalue weighted by molar-refractivity contribution is 7.93. The summed E-state index contributed by atoms with van der Waals surface area (Å²) in [4.78, 5) is 16.8. The molecular weight excluding hydrogens is 416 g/mol. The molecule has 0 saturated carbocycles. The Bertz CT molecular complexity index is 1310. The average Bonchev–Trinajstić information content (AvgIpc) is 3.22. The van der Waals surface area contributed by atoms with Gasteiger partial charge in [0, 0.05) is 24.7 Å². The molecule has 1 aliphatic heterocycles. The molecule has 1 aliphatic rings. The third-order valence-electron chi connectivity index (χ3n) is 4.58. The molecule has 0 radical (unpaired) electrons. The largest absolute Gasteiger partial charge is 0.321 e. The number of fused-ring (bicyclic) bond motifs is 1. The first-order valence-electron chi connectivity index (χ1n) is 8.76. The van der Waals surface area contributed by atoms with Gasteiger partial charge in [-0.1, -0.05) is 6.07 Å². The molecule has 1 saturated heterocycles. The number of sulfone groups is 1. The van der Waals surface area contributed by atoms with Gasteiger partial charge in [-0.2, -0.15) is 0 Å². The van der Waals surface area contributed by atoms with Crippen molar-refractivity contribution in [1.29, 1.82) is 0 Å². The molecule has 2 aromatic heterocycles. The smallest absolute Gasteiger partial charge is 0.276 e. The van der Waals surface area contributed by atoms with Gasteiger partial charge in [0.05, 0.1) is 17.0 Å². The number of hydrogen-bond acceptors (Lipinski definition) is 6. The van der Waals surface area contributed by atoms with Crippen molar-refractivity contribution >= 4 is 42.7 Å². The summed E-state index contributed by atoms with van der Waals surface area (Å²) < 4.78 is 50.7. The van der Waals surface area contributed by atoms with Crippen LogP contribution in [0.2, 0.25) is 0 Å². The van der Waals surface area contributed by atoms with Crippen molar-refractivity contribution in [1.82, 2.24) is 9.38 Å². The number of carbonyl (C=O) groups excluding carboxylic acids is 1. The van der Waals surface area contributed by atoms with E-state index in [1.54, 1.807) is 42.5 Å². The summed E-state index contributed by atoms with van der Waals surface area (Å²) >= 11 is 0. The Morgan fingerprint density at radius 3 is 2.48 bits per heavy atom. The zero-order valence-electron chi connectivity index (χ0n) is 15.4. The van der Waals surface area contributed by atoms with Crippen LogP contribution in [0.25, 0.3) is 5.52 Å². The van der Waals surface area contributed by atoms with Gasteiger partial charge in [0.2, 0.25) is 25.0 Å². The number of aromatic nitrogens is 2. The Balaban J connectivity index is 1.62. The molecule has 3 heterocycles. The van der Waals surface area contributed by atoms with E-state index in [9.17, 15) is 21.6 Å². The first-order valence-corrected chi connectivity index (χ1v) is 12.3. The number of imidazole rings is 1. The summed E-state index contributed by atoms with van der Waals surface area (Å²) in [6.45, 7) is 0.433. The van der Waals surface area contributed by atoms with Gasteiger partial charge in [-0.25, -0.2) is 21.8 Å². The maximum Gasteiger partial charge on any atom is 0.276 e. The Hall–Kier alpha value is -2.92. The molecule has 0 atom stereocenters. The van der Waals surface area contributed by atoms with Crippen LogP contribution in [-0.2, 0) is 19.9 Å². The van der Waals surface area contributed by atoms with E-state index >= 15 is 0 Å². The molecule has 152 valence electrons. The normalized spacial score (nSPS) is 16.2. The number of amides is 1. The third-order valence-corrected chi connectivity index (χ3v) is 7.40. The third kappa shape index (κ3) is 3.58. The van der Waals surface area contributed by atoms with Crippen molar-refractivity contribution in [3.8, 4) is 0 Å². The van der Waals surface area contributed by atoms with Gasteiger partial charge in [0.1, 0.15) is 0 Å². The minimum atomic E-state index is -3.63. The lowest BCUT2D eigenvalue weighted by Crippen LogP contribution is -2.25. The van der Waals surface area contributed by atoms with Crippen molar-refractivity contribution in [2.75, 3.05) is 28.2 Å². The minimum absolute atomic E-state index is 0.0165. The second-order valence-corrected chi connectivity index (χ2v) is 10.6. The Kier molecular flexibility index (Phi) is 4.58. The average molecular weight is 434 g/mol. The molecule has 1 aromatic carbocycles. The number of hydrogen-bond donors (Lipinski definition) is 1. The molecule has 11 heteroatoms. The van der Waals surface area contributed by atoms with E-state index in [1.807, 2.05) is 0 Å². The molecule has 0 aliphatic carbocycles. The van der Waals surface area contributed by atoms with E-state index in [-0.39, 0.29) is 16.6 Å². The second kappa shape index (κ2) is 6.85. The summed E-state index contributed by atoms with van der Waals surface area (Å²) in [5.41, 5.74) is 1.32. The minimum Gasteiger partial charge on any atom is -0.321 e. The summed E-state index contributed by atoms with van der Waals surface area (Å²) in [6, 6.07) is 11.4. The number of nitrogens with zero attached hydrogens (tertiary/aromatic N) is 3. The van der Waals surface area contributed by atoms with Crippen molar-refractivity contribution in [2.45, 2.75) is 11.6 Å². The highest BCUT2D eigenvalue weighted by atomic mass is 32.2. The number of benzene rings is 1. The van der Waals surface area contributed by atoms with Crippen LogP contribution in [0.15, 0.2) is 53.8 Å². The fourth-order valence-electron chi connectivity index (χ4n) is 3.27. The van der Waals surface area contributed by atoms with Crippen molar-refractivity contribution in [2.24, 2.45) is 0 Å². The molecule has 4 rings (SSSR count). The lowest BCUT2D eigenvalue weighted by Gasteiger charge is -2.17. The number of sulfonamides is 1. The summed E-state index contributed by atoms with van der Waals surface area (Å²) in [5.74, 6) is -0.438. The number of rotatable bonds is 4. The fraction of sp³-hybridized carbons (Fsp3) is 0.222. The van der Waals surface area contributed by atoms with Crippen LogP contribution < -0.4 is 9.62 Å². The number of anilines is 2. The molecule has 0 unspecified atom stereocenters. The number of nitrogens with one attached hydrogen (secondary N) is 1. The zero-order chi connectivity index (χ0) is 20.8. The van der Waals surface area contributed by atoms with E-state index in [2.05, 4.69) is 10.3 Å². The molecule has 29 heavy (non-hydrogen) atoms. The Morgan fingerprint density at radius 1 is 1.14 bits per heavy atom. The molecule has 0 spiro atoms. The van der Waals surface area contributed by atoms with Crippen molar-refractivity contribution in [3.63, 3.8) is 0 Å². The van der Waals surface area contributed by atoms with E-state index in [4.69, 9.17) is 0 Å². The molecule has 1 amide bonds. The van der Waals surface area contributed by atoms with E-state index in [0.29, 0.717) is 29.9 Å². The Labute approximate surface area is 168 Å². The fourth-order valence-corrected chi connectivity index (χ4v) is 5.61. The van der Waals surface area contributed by atoms with Crippen LogP contribution in [0, 0.1) is 0 Å². The molecule has 3 aromatic rings. The summed E-state index contributed by atoms with van der Waals surface area (Å²) in [6.07, 6.45) is 3.14. The van der Waals surface area contributed by atoms with Gasteiger partial charge < -0.3 is 5.32 Å². The first kappa shape index (κ1) is 19.4. The molecule has 1 fully saturated rings. The highest BCUT2D eigenvalue weighted by Crippen LogP contribution is 2.26. The van der Waals surface area contributed by atoms with Gasteiger partial charge in [-0.3, -0.25) is 13.5 Å². The lowest BCUT2D eigenvalue weighted by molar-refractivity contribution is 0.102.